The van der Waals surface area contributed by atoms with Crippen molar-refractivity contribution in [3.8, 4) is 11.5 Å². The summed E-state index contributed by atoms with van der Waals surface area (Å²) < 4.78 is 10.1. The van der Waals surface area contributed by atoms with Crippen molar-refractivity contribution in [1.29, 1.82) is 0 Å². The zero-order chi connectivity index (χ0) is 11.4. The van der Waals surface area contributed by atoms with Gasteiger partial charge in [0, 0.05) is 0 Å². The molecule has 4 heteroatoms. The highest BCUT2D eigenvalue weighted by Gasteiger charge is 2.21. The molecule has 1 aromatic carbocycles. The molecule has 0 radical (unpaired) electrons. The van der Waals surface area contributed by atoms with E-state index in [-0.39, 0.29) is 5.56 Å². The highest BCUT2D eigenvalue weighted by molar-refractivity contribution is 6.03. The first-order valence-electron chi connectivity index (χ1n) is 4.55. The number of rotatable bonds is 4. The molecular formula is C11H14O4. The maximum Gasteiger partial charge on any atom is 0.198 e. The quantitative estimate of drug-likeness (QED) is 0.760. The largest absolute Gasteiger partial charge is 0.496 e. The van der Waals surface area contributed by atoms with E-state index in [4.69, 9.17) is 9.47 Å². The molecule has 0 saturated carbocycles. The van der Waals surface area contributed by atoms with Crippen LogP contribution >= 0.6 is 0 Å². The van der Waals surface area contributed by atoms with Gasteiger partial charge in [-0.3, -0.25) is 4.79 Å². The number of carbonyl (C=O) groups is 1. The van der Waals surface area contributed by atoms with Gasteiger partial charge in [-0.2, -0.15) is 0 Å². The van der Waals surface area contributed by atoms with Gasteiger partial charge in [-0.25, -0.2) is 0 Å². The van der Waals surface area contributed by atoms with Gasteiger partial charge in [-0.15, -0.1) is 0 Å². The average Bonchev–Trinajstić information content (AvgIpc) is 2.26. The van der Waals surface area contributed by atoms with Crippen molar-refractivity contribution in [1.82, 2.24) is 0 Å². The molecule has 1 rings (SSSR count). The van der Waals surface area contributed by atoms with Gasteiger partial charge in [-0.1, -0.05) is 6.07 Å². The highest BCUT2D eigenvalue weighted by atomic mass is 16.5. The van der Waals surface area contributed by atoms with Crippen molar-refractivity contribution >= 4 is 5.78 Å². The van der Waals surface area contributed by atoms with Gasteiger partial charge in [0.05, 0.1) is 14.2 Å². The second-order valence-corrected chi connectivity index (χ2v) is 3.08. The molecule has 1 aromatic rings. The second kappa shape index (κ2) is 4.79. The van der Waals surface area contributed by atoms with Crippen molar-refractivity contribution < 1.29 is 19.4 Å². The molecule has 0 heterocycles. The number of ether oxygens (including phenoxy) is 2. The summed E-state index contributed by atoms with van der Waals surface area (Å²) in [6, 6.07) is 5.02. The number of methoxy groups -OCH3 is 2. The third kappa shape index (κ3) is 2.27. The summed E-state index contributed by atoms with van der Waals surface area (Å²) >= 11 is 0. The van der Waals surface area contributed by atoms with E-state index in [9.17, 15) is 9.90 Å². The number of Topliss-reactive ketones (excluding diaryl/α,β-unsaturated/α-hetero) is 1. The molecule has 0 fully saturated rings. The Balaban J connectivity index is 3.28. The monoisotopic (exact) mass is 210 g/mol. The van der Waals surface area contributed by atoms with Crippen LogP contribution in [0.4, 0.5) is 0 Å². The molecule has 1 atom stereocenters. The number of benzene rings is 1. The van der Waals surface area contributed by atoms with E-state index in [1.54, 1.807) is 18.2 Å². The molecule has 82 valence electrons. The first kappa shape index (κ1) is 11.5. The Bertz CT molecular complexity index is 335. The summed E-state index contributed by atoms with van der Waals surface area (Å²) in [5, 5.41) is 9.25. The molecule has 1 N–H and O–H groups in total. The van der Waals surface area contributed by atoms with E-state index < -0.39 is 11.9 Å². The van der Waals surface area contributed by atoms with Crippen LogP contribution in [0.2, 0.25) is 0 Å². The molecule has 15 heavy (non-hydrogen) atoms. The Morgan fingerprint density at radius 1 is 1.27 bits per heavy atom. The SMILES string of the molecule is COc1cccc(OC)c1C(=O)C(C)O. The van der Waals surface area contributed by atoms with E-state index in [1.807, 2.05) is 0 Å². The van der Waals surface area contributed by atoms with E-state index in [0.29, 0.717) is 11.5 Å². The van der Waals surface area contributed by atoms with Gasteiger partial charge in [0.25, 0.3) is 0 Å². The summed E-state index contributed by atoms with van der Waals surface area (Å²) in [6.07, 6.45) is -1.07. The van der Waals surface area contributed by atoms with Crippen molar-refractivity contribution in [2.45, 2.75) is 13.0 Å². The average molecular weight is 210 g/mol. The number of carbonyl (C=O) groups excluding carboxylic acids is 1. The fourth-order valence-electron chi connectivity index (χ4n) is 1.30. The van der Waals surface area contributed by atoms with Crippen LogP contribution in [-0.2, 0) is 0 Å². The molecule has 1 unspecified atom stereocenters. The van der Waals surface area contributed by atoms with Crippen LogP contribution in [-0.4, -0.2) is 31.2 Å². The maximum atomic E-state index is 11.7. The van der Waals surface area contributed by atoms with E-state index in [0.717, 1.165) is 0 Å². The van der Waals surface area contributed by atoms with Crippen LogP contribution in [0.5, 0.6) is 11.5 Å². The second-order valence-electron chi connectivity index (χ2n) is 3.08. The molecule has 0 bridgehead atoms. The van der Waals surface area contributed by atoms with Crippen LogP contribution in [0.1, 0.15) is 17.3 Å². The summed E-state index contributed by atoms with van der Waals surface area (Å²) in [5.74, 6) is 0.393. The van der Waals surface area contributed by atoms with Crippen LogP contribution in [0.15, 0.2) is 18.2 Å². The minimum Gasteiger partial charge on any atom is -0.496 e. The van der Waals surface area contributed by atoms with Gasteiger partial charge in [-0.05, 0) is 19.1 Å². The van der Waals surface area contributed by atoms with E-state index >= 15 is 0 Å². The highest BCUT2D eigenvalue weighted by Crippen LogP contribution is 2.29. The Hall–Kier alpha value is -1.55. The lowest BCUT2D eigenvalue weighted by molar-refractivity contribution is 0.0773. The Morgan fingerprint density at radius 3 is 2.07 bits per heavy atom. The smallest absolute Gasteiger partial charge is 0.198 e. The Kier molecular flexibility index (Phi) is 3.68. The zero-order valence-electron chi connectivity index (χ0n) is 8.98. The summed E-state index contributed by atoms with van der Waals surface area (Å²) in [4.78, 5) is 11.7. The van der Waals surface area contributed by atoms with Crippen molar-refractivity contribution in [2.75, 3.05) is 14.2 Å². The number of hydrogen-bond donors (Lipinski definition) is 1. The predicted octanol–water partition coefficient (Wildman–Crippen LogP) is 1.27. The first-order chi connectivity index (χ1) is 7.11. The molecule has 0 aliphatic heterocycles. The topological polar surface area (TPSA) is 55.8 Å². The first-order valence-corrected chi connectivity index (χ1v) is 4.55. The van der Waals surface area contributed by atoms with Crippen molar-refractivity contribution in [3.05, 3.63) is 23.8 Å². The minimum atomic E-state index is -1.07. The van der Waals surface area contributed by atoms with Gasteiger partial charge in [0.15, 0.2) is 5.78 Å². The fraction of sp³-hybridized carbons (Fsp3) is 0.364. The maximum absolute atomic E-state index is 11.7. The summed E-state index contributed by atoms with van der Waals surface area (Å²) in [7, 11) is 2.93. The van der Waals surface area contributed by atoms with Crippen molar-refractivity contribution in [2.24, 2.45) is 0 Å². The van der Waals surface area contributed by atoms with Gasteiger partial charge >= 0.3 is 0 Å². The standard InChI is InChI=1S/C11H14O4/c1-7(12)11(13)10-8(14-2)5-4-6-9(10)15-3/h4-7,12H,1-3H3. The normalized spacial score (nSPS) is 12.0. The lowest BCUT2D eigenvalue weighted by Crippen LogP contribution is -2.18. The fourth-order valence-corrected chi connectivity index (χ4v) is 1.30. The lowest BCUT2D eigenvalue weighted by Gasteiger charge is -2.12. The van der Waals surface area contributed by atoms with Gasteiger partial charge in [0.1, 0.15) is 23.2 Å². The summed E-state index contributed by atoms with van der Waals surface area (Å²) in [5.41, 5.74) is 0.275. The molecule has 0 aromatic heterocycles. The molecule has 0 amide bonds. The Labute approximate surface area is 88.4 Å². The predicted molar refractivity (Wildman–Crippen MR) is 55.6 cm³/mol. The summed E-state index contributed by atoms with van der Waals surface area (Å²) in [6.45, 7) is 1.41. The number of aliphatic hydroxyl groups excluding tert-OH is 1. The lowest BCUT2D eigenvalue weighted by atomic mass is 10.0. The van der Waals surface area contributed by atoms with E-state index in [2.05, 4.69) is 0 Å². The molecule has 0 spiro atoms. The third-order valence-electron chi connectivity index (χ3n) is 2.05. The number of ketones is 1. The van der Waals surface area contributed by atoms with Crippen LogP contribution in [0.25, 0.3) is 0 Å². The molecule has 0 saturated heterocycles. The molecule has 0 aliphatic carbocycles. The van der Waals surface area contributed by atoms with Crippen molar-refractivity contribution in [3.63, 3.8) is 0 Å². The van der Waals surface area contributed by atoms with Crippen LogP contribution in [0, 0.1) is 0 Å². The van der Waals surface area contributed by atoms with E-state index in [1.165, 1.54) is 21.1 Å². The van der Waals surface area contributed by atoms with Crippen LogP contribution in [0.3, 0.4) is 0 Å². The molecule has 0 aliphatic rings. The zero-order valence-corrected chi connectivity index (χ0v) is 8.98. The van der Waals surface area contributed by atoms with Crippen LogP contribution < -0.4 is 9.47 Å². The number of aliphatic hydroxyl groups is 1. The third-order valence-corrected chi connectivity index (χ3v) is 2.05. The molecule has 4 nitrogen and oxygen atoms in total. The molecular weight excluding hydrogens is 196 g/mol. The Morgan fingerprint density at radius 2 is 1.73 bits per heavy atom. The number of hydrogen-bond acceptors (Lipinski definition) is 4. The van der Waals surface area contributed by atoms with Gasteiger partial charge in [0.2, 0.25) is 0 Å². The van der Waals surface area contributed by atoms with Gasteiger partial charge < -0.3 is 14.6 Å². The minimum absolute atomic E-state index is 0.275.